The lowest BCUT2D eigenvalue weighted by Gasteiger charge is -2.28. The minimum atomic E-state index is -0.678. The smallest absolute Gasteiger partial charge is 0.151 e. The summed E-state index contributed by atoms with van der Waals surface area (Å²) in [4.78, 5) is 12.3. The monoisotopic (exact) mass is 255 g/mol. The first-order chi connectivity index (χ1) is 8.15. The van der Waals surface area contributed by atoms with Gasteiger partial charge in [-0.15, -0.1) is 11.3 Å². The zero-order valence-electron chi connectivity index (χ0n) is 10.7. The molecule has 0 bridgehead atoms. The van der Waals surface area contributed by atoms with Gasteiger partial charge in [-0.1, -0.05) is 13.0 Å². The van der Waals surface area contributed by atoms with E-state index in [1.807, 2.05) is 32.3 Å². The third kappa shape index (κ3) is 4.22. The van der Waals surface area contributed by atoms with Gasteiger partial charge in [0, 0.05) is 4.88 Å². The largest absolute Gasteiger partial charge is 0.359 e. The van der Waals surface area contributed by atoms with Crippen molar-refractivity contribution in [1.29, 1.82) is 0 Å². The van der Waals surface area contributed by atoms with Gasteiger partial charge in [0.15, 0.2) is 6.29 Å². The number of ether oxygens (including phenoxy) is 1. The molecule has 0 fully saturated rings. The highest BCUT2D eigenvalue weighted by atomic mass is 32.1. The van der Waals surface area contributed by atoms with Gasteiger partial charge >= 0.3 is 0 Å². The molecule has 3 nitrogen and oxygen atoms in total. The van der Waals surface area contributed by atoms with Crippen molar-refractivity contribution in [3.63, 3.8) is 0 Å². The van der Waals surface area contributed by atoms with Gasteiger partial charge in [-0.2, -0.15) is 0 Å². The van der Waals surface area contributed by atoms with Gasteiger partial charge in [0.1, 0.15) is 5.60 Å². The standard InChI is InChI=1S/C13H21NO2S/c1-4-13(2,10-15)16-11(7-8-14-3)12-6-5-9-17-12/h5-6,9-11,14H,4,7-8H2,1-3H3. The number of aldehydes is 1. The first-order valence-corrected chi connectivity index (χ1v) is 6.85. The van der Waals surface area contributed by atoms with Crippen molar-refractivity contribution in [3.05, 3.63) is 22.4 Å². The van der Waals surface area contributed by atoms with Crippen molar-refractivity contribution in [2.45, 2.75) is 38.4 Å². The van der Waals surface area contributed by atoms with Crippen molar-refractivity contribution in [2.24, 2.45) is 0 Å². The third-order valence-electron chi connectivity index (χ3n) is 2.88. The lowest BCUT2D eigenvalue weighted by atomic mass is 10.0. The maximum absolute atomic E-state index is 11.1. The molecule has 0 amide bonds. The molecule has 17 heavy (non-hydrogen) atoms. The van der Waals surface area contributed by atoms with Crippen LogP contribution in [0, 0.1) is 0 Å². The molecular formula is C13H21NO2S. The maximum Gasteiger partial charge on any atom is 0.151 e. The predicted octanol–water partition coefficient (Wildman–Crippen LogP) is 2.78. The molecule has 2 atom stereocenters. The molecule has 0 saturated heterocycles. The second-order valence-electron chi connectivity index (χ2n) is 4.30. The number of rotatable bonds is 8. The Morgan fingerprint density at radius 1 is 1.65 bits per heavy atom. The highest BCUT2D eigenvalue weighted by Gasteiger charge is 2.27. The molecule has 4 heteroatoms. The minimum Gasteiger partial charge on any atom is -0.359 e. The zero-order chi connectivity index (χ0) is 12.7. The molecule has 0 aliphatic carbocycles. The summed E-state index contributed by atoms with van der Waals surface area (Å²) in [6.07, 6.45) is 2.48. The van der Waals surface area contributed by atoms with Crippen LogP contribution in [0.15, 0.2) is 17.5 Å². The van der Waals surface area contributed by atoms with Crippen LogP contribution in [0.3, 0.4) is 0 Å². The number of thiophene rings is 1. The van der Waals surface area contributed by atoms with E-state index in [0.29, 0.717) is 6.42 Å². The average Bonchev–Trinajstić information content (AvgIpc) is 2.88. The SMILES string of the molecule is CCC(C)(C=O)OC(CCNC)c1cccs1. The van der Waals surface area contributed by atoms with E-state index in [1.54, 1.807) is 11.3 Å². The molecule has 1 rings (SSSR count). The molecule has 1 aromatic rings. The Hall–Kier alpha value is -0.710. The van der Waals surface area contributed by atoms with Crippen LogP contribution in [0.2, 0.25) is 0 Å². The van der Waals surface area contributed by atoms with Crippen LogP contribution in [-0.2, 0) is 9.53 Å². The quantitative estimate of drug-likeness (QED) is 0.726. The number of hydrogen-bond acceptors (Lipinski definition) is 4. The van der Waals surface area contributed by atoms with Crippen LogP contribution in [-0.4, -0.2) is 25.5 Å². The Balaban J connectivity index is 2.73. The van der Waals surface area contributed by atoms with Crippen LogP contribution < -0.4 is 5.32 Å². The van der Waals surface area contributed by atoms with Crippen molar-refractivity contribution in [2.75, 3.05) is 13.6 Å². The molecule has 1 N–H and O–H groups in total. The fourth-order valence-corrected chi connectivity index (χ4v) is 2.32. The normalized spacial score (nSPS) is 16.4. The Morgan fingerprint density at radius 3 is 2.88 bits per heavy atom. The first kappa shape index (κ1) is 14.4. The number of hydrogen-bond donors (Lipinski definition) is 1. The average molecular weight is 255 g/mol. The summed E-state index contributed by atoms with van der Waals surface area (Å²) >= 11 is 1.67. The summed E-state index contributed by atoms with van der Waals surface area (Å²) in [6, 6.07) is 4.08. The highest BCUT2D eigenvalue weighted by molar-refractivity contribution is 7.10. The maximum atomic E-state index is 11.1. The van der Waals surface area contributed by atoms with Crippen molar-refractivity contribution >= 4 is 17.6 Å². The lowest BCUT2D eigenvalue weighted by molar-refractivity contribution is -0.138. The van der Waals surface area contributed by atoms with Gasteiger partial charge < -0.3 is 14.8 Å². The van der Waals surface area contributed by atoms with Crippen LogP contribution in [0.25, 0.3) is 0 Å². The van der Waals surface area contributed by atoms with Crippen LogP contribution in [0.4, 0.5) is 0 Å². The van der Waals surface area contributed by atoms with E-state index in [9.17, 15) is 4.79 Å². The van der Waals surface area contributed by atoms with Crippen molar-refractivity contribution in [1.82, 2.24) is 5.32 Å². The van der Waals surface area contributed by atoms with Crippen molar-refractivity contribution < 1.29 is 9.53 Å². The Labute approximate surface area is 107 Å². The molecule has 96 valence electrons. The van der Waals surface area contributed by atoms with Crippen LogP contribution in [0.5, 0.6) is 0 Å². The lowest BCUT2D eigenvalue weighted by Crippen LogP contribution is -2.32. The summed E-state index contributed by atoms with van der Waals surface area (Å²) in [5.74, 6) is 0. The van der Waals surface area contributed by atoms with E-state index in [1.165, 1.54) is 4.88 Å². The number of nitrogens with one attached hydrogen (secondary N) is 1. The summed E-state index contributed by atoms with van der Waals surface area (Å²) in [7, 11) is 1.92. The Kier molecular flexibility index (Phi) is 5.82. The Morgan fingerprint density at radius 2 is 2.41 bits per heavy atom. The minimum absolute atomic E-state index is 0.00222. The summed E-state index contributed by atoms with van der Waals surface area (Å²) in [6.45, 7) is 4.69. The van der Waals surface area contributed by atoms with Gasteiger partial charge in [-0.25, -0.2) is 0 Å². The number of carbonyl (C=O) groups is 1. The van der Waals surface area contributed by atoms with Gasteiger partial charge in [0.2, 0.25) is 0 Å². The summed E-state index contributed by atoms with van der Waals surface area (Å²) in [5.41, 5.74) is -0.678. The van der Waals surface area contributed by atoms with Crippen LogP contribution in [0.1, 0.15) is 37.7 Å². The topological polar surface area (TPSA) is 38.3 Å². The third-order valence-corrected chi connectivity index (χ3v) is 3.84. The second-order valence-corrected chi connectivity index (χ2v) is 5.28. The number of carbonyl (C=O) groups excluding carboxylic acids is 1. The first-order valence-electron chi connectivity index (χ1n) is 5.97. The fraction of sp³-hybridized carbons (Fsp3) is 0.615. The van der Waals surface area contributed by atoms with E-state index in [2.05, 4.69) is 11.4 Å². The molecular weight excluding hydrogens is 234 g/mol. The molecule has 2 unspecified atom stereocenters. The molecule has 0 saturated carbocycles. The Bertz CT molecular complexity index is 326. The van der Waals surface area contributed by atoms with E-state index < -0.39 is 5.60 Å². The van der Waals surface area contributed by atoms with Gasteiger partial charge in [0.05, 0.1) is 6.10 Å². The predicted molar refractivity (Wildman–Crippen MR) is 71.4 cm³/mol. The summed E-state index contributed by atoms with van der Waals surface area (Å²) < 4.78 is 5.99. The van der Waals surface area contributed by atoms with Gasteiger partial charge in [-0.3, -0.25) is 0 Å². The molecule has 1 heterocycles. The van der Waals surface area contributed by atoms with Crippen molar-refractivity contribution in [3.8, 4) is 0 Å². The van der Waals surface area contributed by atoms with Crippen LogP contribution >= 0.6 is 11.3 Å². The molecule has 0 spiro atoms. The second kappa shape index (κ2) is 6.89. The van der Waals surface area contributed by atoms with E-state index >= 15 is 0 Å². The van der Waals surface area contributed by atoms with E-state index in [-0.39, 0.29) is 6.10 Å². The van der Waals surface area contributed by atoms with Gasteiger partial charge in [0.25, 0.3) is 0 Å². The molecule has 0 aliphatic rings. The fourth-order valence-electron chi connectivity index (χ4n) is 1.53. The highest BCUT2D eigenvalue weighted by Crippen LogP contribution is 2.30. The zero-order valence-corrected chi connectivity index (χ0v) is 11.5. The van der Waals surface area contributed by atoms with Gasteiger partial charge in [-0.05, 0) is 44.8 Å². The van der Waals surface area contributed by atoms with E-state index in [0.717, 1.165) is 19.3 Å². The summed E-state index contributed by atoms with van der Waals surface area (Å²) in [5, 5.41) is 5.16. The van der Waals surface area contributed by atoms with E-state index in [4.69, 9.17) is 4.74 Å². The molecule has 1 aromatic heterocycles. The molecule has 0 aliphatic heterocycles. The molecule has 0 aromatic carbocycles. The molecule has 0 radical (unpaired) electrons.